The van der Waals surface area contributed by atoms with E-state index in [-0.39, 0.29) is 0 Å². The highest BCUT2D eigenvalue weighted by Crippen LogP contribution is 2.36. The van der Waals surface area contributed by atoms with Crippen molar-refractivity contribution in [3.05, 3.63) is 0 Å². The zero-order valence-electron chi connectivity index (χ0n) is 14.5. The summed E-state index contributed by atoms with van der Waals surface area (Å²) in [6, 6.07) is 3.99. The summed E-state index contributed by atoms with van der Waals surface area (Å²) in [4.78, 5) is 5.60. The Morgan fingerprint density at radius 2 is 1.76 bits per heavy atom. The Morgan fingerprint density at radius 3 is 2.33 bits per heavy atom. The maximum absolute atomic E-state index is 3.80. The van der Waals surface area contributed by atoms with Crippen LogP contribution in [0.5, 0.6) is 0 Å². The summed E-state index contributed by atoms with van der Waals surface area (Å²) >= 11 is 0. The molecule has 4 atom stereocenters. The Hall–Kier alpha value is -0.120. The summed E-state index contributed by atoms with van der Waals surface area (Å²) in [5.41, 5.74) is 0. The molecule has 3 rings (SSSR count). The monoisotopic (exact) mass is 293 g/mol. The van der Waals surface area contributed by atoms with E-state index in [9.17, 15) is 0 Å². The van der Waals surface area contributed by atoms with Crippen LogP contribution in [0.15, 0.2) is 0 Å². The Kier molecular flexibility index (Phi) is 4.92. The molecular formula is C18H35N3. The normalized spacial score (nSPS) is 42.4. The Balaban J connectivity index is 1.71. The average molecular weight is 293 g/mol. The van der Waals surface area contributed by atoms with Crippen LogP contribution in [0, 0.1) is 5.92 Å². The lowest BCUT2D eigenvalue weighted by Crippen LogP contribution is -2.64. The van der Waals surface area contributed by atoms with Gasteiger partial charge in [0.1, 0.15) is 0 Å². The lowest BCUT2D eigenvalue weighted by molar-refractivity contribution is -0.0224. The van der Waals surface area contributed by atoms with Gasteiger partial charge in [-0.3, -0.25) is 4.90 Å². The first-order valence-electron chi connectivity index (χ1n) is 9.31. The van der Waals surface area contributed by atoms with Gasteiger partial charge in [-0.1, -0.05) is 27.2 Å². The molecule has 0 aliphatic carbocycles. The minimum Gasteiger partial charge on any atom is -0.311 e. The third-order valence-electron chi connectivity index (χ3n) is 6.55. The van der Waals surface area contributed by atoms with Gasteiger partial charge in [-0.15, -0.1) is 0 Å². The predicted octanol–water partition coefficient (Wildman–Crippen LogP) is 2.71. The van der Waals surface area contributed by atoms with Crippen LogP contribution in [0.25, 0.3) is 0 Å². The van der Waals surface area contributed by atoms with Crippen LogP contribution in [0.4, 0.5) is 0 Å². The molecule has 0 spiro atoms. The Morgan fingerprint density at radius 1 is 1.10 bits per heavy atom. The van der Waals surface area contributed by atoms with Gasteiger partial charge < -0.3 is 10.2 Å². The van der Waals surface area contributed by atoms with Crippen molar-refractivity contribution in [2.24, 2.45) is 5.92 Å². The van der Waals surface area contributed by atoms with Gasteiger partial charge in [0.2, 0.25) is 0 Å². The molecule has 0 radical (unpaired) electrons. The zero-order valence-corrected chi connectivity index (χ0v) is 14.5. The first kappa shape index (κ1) is 15.8. The van der Waals surface area contributed by atoms with Gasteiger partial charge in [-0.25, -0.2) is 0 Å². The summed E-state index contributed by atoms with van der Waals surface area (Å²) < 4.78 is 0. The molecule has 0 amide bonds. The molecule has 1 N–H and O–H groups in total. The van der Waals surface area contributed by atoms with Gasteiger partial charge in [-0.2, -0.15) is 0 Å². The quantitative estimate of drug-likeness (QED) is 0.863. The maximum atomic E-state index is 3.80. The van der Waals surface area contributed by atoms with Gasteiger partial charge in [0.05, 0.1) is 0 Å². The minimum absolute atomic E-state index is 0.687. The highest BCUT2D eigenvalue weighted by atomic mass is 15.3. The van der Waals surface area contributed by atoms with Crippen molar-refractivity contribution in [2.75, 3.05) is 20.1 Å². The Labute approximate surface area is 131 Å². The molecular weight excluding hydrogens is 258 g/mol. The molecule has 3 heterocycles. The van der Waals surface area contributed by atoms with Crippen LogP contribution in [-0.2, 0) is 0 Å². The summed E-state index contributed by atoms with van der Waals surface area (Å²) in [5.74, 6) is 0.746. The smallest absolute Gasteiger partial charge is 0.0221 e. The second kappa shape index (κ2) is 6.55. The number of rotatable bonds is 3. The van der Waals surface area contributed by atoms with Crippen LogP contribution in [0.1, 0.15) is 59.3 Å². The van der Waals surface area contributed by atoms with Crippen LogP contribution < -0.4 is 5.32 Å². The van der Waals surface area contributed by atoms with Crippen LogP contribution in [-0.4, -0.2) is 60.1 Å². The summed E-state index contributed by atoms with van der Waals surface area (Å²) in [7, 11) is 2.37. The molecule has 4 unspecified atom stereocenters. The van der Waals surface area contributed by atoms with Crippen molar-refractivity contribution in [1.82, 2.24) is 15.1 Å². The van der Waals surface area contributed by atoms with E-state index in [0.717, 1.165) is 30.1 Å². The van der Waals surface area contributed by atoms with E-state index in [0.29, 0.717) is 6.04 Å². The van der Waals surface area contributed by atoms with Crippen molar-refractivity contribution in [3.8, 4) is 0 Å². The fourth-order valence-corrected chi connectivity index (χ4v) is 4.98. The molecule has 122 valence electrons. The zero-order chi connectivity index (χ0) is 15.0. The second-order valence-corrected chi connectivity index (χ2v) is 8.05. The van der Waals surface area contributed by atoms with Gasteiger partial charge in [0.25, 0.3) is 0 Å². The first-order chi connectivity index (χ1) is 10.1. The number of piperidine rings is 2. The molecule has 3 nitrogen and oxygen atoms in total. The number of fused-ring (bicyclic) bond motifs is 2. The van der Waals surface area contributed by atoms with E-state index in [1.54, 1.807) is 0 Å². The largest absolute Gasteiger partial charge is 0.311 e. The molecule has 3 aliphatic heterocycles. The standard InChI is InChI=1S/C18H35N3/c1-5-14-11-19-18(13(2)3)12-21(14)17-9-15-7-6-8-16(10-17)20(15)4/h13-19H,5-12H2,1-4H3. The second-order valence-electron chi connectivity index (χ2n) is 8.05. The third-order valence-corrected chi connectivity index (χ3v) is 6.55. The molecule has 2 bridgehead atoms. The van der Waals surface area contributed by atoms with Crippen molar-refractivity contribution in [2.45, 2.75) is 89.5 Å². The van der Waals surface area contributed by atoms with E-state index in [1.165, 1.54) is 51.6 Å². The number of hydrogen-bond acceptors (Lipinski definition) is 3. The fourth-order valence-electron chi connectivity index (χ4n) is 4.98. The van der Waals surface area contributed by atoms with E-state index in [2.05, 4.69) is 42.9 Å². The molecule has 0 saturated carbocycles. The molecule has 3 saturated heterocycles. The van der Waals surface area contributed by atoms with Gasteiger partial charge >= 0.3 is 0 Å². The summed E-state index contributed by atoms with van der Waals surface area (Å²) in [6.07, 6.45) is 8.43. The molecule has 3 heteroatoms. The van der Waals surface area contributed by atoms with E-state index >= 15 is 0 Å². The van der Waals surface area contributed by atoms with Crippen LogP contribution in [0.2, 0.25) is 0 Å². The number of hydrogen-bond donors (Lipinski definition) is 1. The summed E-state index contributed by atoms with van der Waals surface area (Å²) in [5, 5.41) is 3.80. The fraction of sp³-hybridized carbons (Fsp3) is 1.00. The van der Waals surface area contributed by atoms with Crippen molar-refractivity contribution >= 4 is 0 Å². The topological polar surface area (TPSA) is 18.5 Å². The van der Waals surface area contributed by atoms with Crippen molar-refractivity contribution in [3.63, 3.8) is 0 Å². The maximum Gasteiger partial charge on any atom is 0.0221 e. The van der Waals surface area contributed by atoms with E-state index < -0.39 is 0 Å². The van der Waals surface area contributed by atoms with Crippen molar-refractivity contribution in [1.29, 1.82) is 0 Å². The summed E-state index contributed by atoms with van der Waals surface area (Å²) in [6.45, 7) is 9.56. The van der Waals surface area contributed by atoms with Gasteiger partial charge in [0, 0.05) is 43.3 Å². The molecule has 3 fully saturated rings. The average Bonchev–Trinajstić information content (AvgIpc) is 2.46. The number of nitrogens with zero attached hydrogens (tertiary/aromatic N) is 2. The molecule has 3 aliphatic rings. The lowest BCUT2D eigenvalue weighted by atomic mass is 9.80. The minimum atomic E-state index is 0.687. The SMILES string of the molecule is CCC1CNC(C(C)C)CN1C1CC2CCCC(C1)N2C. The molecule has 0 aromatic rings. The molecule has 21 heavy (non-hydrogen) atoms. The van der Waals surface area contributed by atoms with Crippen molar-refractivity contribution < 1.29 is 0 Å². The number of nitrogens with one attached hydrogen (secondary N) is 1. The highest BCUT2D eigenvalue weighted by molar-refractivity contribution is 4.98. The highest BCUT2D eigenvalue weighted by Gasteiger charge is 2.41. The van der Waals surface area contributed by atoms with Gasteiger partial charge in [0.15, 0.2) is 0 Å². The predicted molar refractivity (Wildman–Crippen MR) is 89.6 cm³/mol. The molecule has 0 aromatic heterocycles. The Bertz CT molecular complexity index is 329. The van der Waals surface area contributed by atoms with E-state index in [4.69, 9.17) is 0 Å². The third kappa shape index (κ3) is 3.16. The van der Waals surface area contributed by atoms with Crippen LogP contribution in [0.3, 0.4) is 0 Å². The number of piperazine rings is 1. The van der Waals surface area contributed by atoms with Gasteiger partial charge in [-0.05, 0) is 45.1 Å². The first-order valence-corrected chi connectivity index (χ1v) is 9.31. The van der Waals surface area contributed by atoms with E-state index in [1.807, 2.05) is 0 Å². The van der Waals surface area contributed by atoms with Crippen LogP contribution >= 0.6 is 0 Å². The molecule has 0 aromatic carbocycles. The lowest BCUT2D eigenvalue weighted by Gasteiger charge is -2.53.